The van der Waals surface area contributed by atoms with Gasteiger partial charge in [-0.1, -0.05) is 0 Å². The van der Waals surface area contributed by atoms with Crippen LogP contribution in [0.25, 0.3) is 0 Å². The molecular weight excluding hydrogens is 247 g/mol. The third-order valence-corrected chi connectivity index (χ3v) is 1.85. The van der Waals surface area contributed by atoms with Gasteiger partial charge >= 0.3 is 58.4 Å². The van der Waals surface area contributed by atoms with Crippen LogP contribution < -0.4 is 56.9 Å². The van der Waals surface area contributed by atoms with Crippen LogP contribution in [-0.2, 0) is 6.54 Å². The normalized spacial score (nSPS) is 10.8. The van der Waals surface area contributed by atoms with E-state index in [0.29, 0.717) is 5.69 Å². The molecule has 0 aliphatic carbocycles. The van der Waals surface area contributed by atoms with Crippen LogP contribution in [0.5, 0.6) is 0 Å². The fourth-order valence-corrected chi connectivity index (χ4v) is 0.958. The first-order valence-electron chi connectivity index (χ1n) is 4.21. The molecule has 0 N–H and O–H groups in total. The molecule has 1 rings (SSSR count). The number of nitrogens with zero attached hydrogens (tertiary/aromatic N) is 2. The van der Waals surface area contributed by atoms with Crippen molar-refractivity contribution in [3.8, 4) is 0 Å². The van der Waals surface area contributed by atoms with Crippen LogP contribution in [-0.4, -0.2) is 16.5 Å². The maximum absolute atomic E-state index is 12.2. The van der Waals surface area contributed by atoms with Crippen LogP contribution in [0.2, 0.25) is 0 Å². The van der Waals surface area contributed by atoms with Gasteiger partial charge in [-0.15, -0.1) is 12.1 Å². The first-order valence-corrected chi connectivity index (χ1v) is 4.21. The molecule has 0 radical (unpaired) electrons. The third-order valence-electron chi connectivity index (χ3n) is 1.85. The zero-order chi connectivity index (χ0) is 11.6. The Labute approximate surface area is 133 Å². The van der Waals surface area contributed by atoms with Gasteiger partial charge in [0, 0.05) is 18.3 Å². The minimum absolute atomic E-state index is 0. The fourth-order valence-electron chi connectivity index (χ4n) is 0.958. The first-order chi connectivity index (χ1) is 6.80. The van der Waals surface area contributed by atoms with Crippen molar-refractivity contribution in [3.05, 3.63) is 40.5 Å². The van der Waals surface area contributed by atoms with E-state index in [-0.39, 0.29) is 51.4 Å². The Morgan fingerprint density at radius 1 is 1.56 bits per heavy atom. The molecule has 8 heteroatoms. The first kappa shape index (κ1) is 16.1. The second kappa shape index (κ2) is 6.15. The summed E-state index contributed by atoms with van der Waals surface area (Å²) < 4.78 is 37.4. The Kier molecular flexibility index (Phi) is 6.20. The molecular formula is C8H9BF3KN2O. The summed E-state index contributed by atoms with van der Waals surface area (Å²) in [6, 6.07) is 1.18. The molecule has 0 fully saturated rings. The number of hydrogen-bond acceptors (Lipinski definition) is 2. The van der Waals surface area contributed by atoms with E-state index in [1.54, 1.807) is 6.92 Å². The van der Waals surface area contributed by atoms with Crippen molar-refractivity contribution in [2.75, 3.05) is 0 Å². The SMILES string of the molecule is C=C(Cn1cnc(C)cc1=O)[B-](F)(F)F.[K+]. The van der Waals surface area contributed by atoms with E-state index in [9.17, 15) is 17.7 Å². The largest absolute Gasteiger partial charge is 1.00 e. The smallest absolute Gasteiger partial charge is 0.445 e. The minimum atomic E-state index is -5.10. The molecule has 1 heterocycles. The van der Waals surface area contributed by atoms with E-state index < -0.39 is 24.6 Å². The van der Waals surface area contributed by atoms with E-state index >= 15 is 0 Å². The standard InChI is InChI=1S/C8H9BF3N2O.K/c1-6(9(10,11)12)4-14-5-13-7(2)3-8(14)15;/h3,5H,1,4H2,2H3;/q-1;+1. The Balaban J connectivity index is 0.00000225. The molecule has 0 saturated heterocycles. The Morgan fingerprint density at radius 3 is 2.56 bits per heavy atom. The molecule has 16 heavy (non-hydrogen) atoms. The molecule has 0 aromatic carbocycles. The Morgan fingerprint density at radius 2 is 2.12 bits per heavy atom. The summed E-state index contributed by atoms with van der Waals surface area (Å²) in [6.45, 7) is -1.17. The molecule has 0 saturated carbocycles. The van der Waals surface area contributed by atoms with Crippen molar-refractivity contribution in [2.45, 2.75) is 13.5 Å². The van der Waals surface area contributed by atoms with Crippen molar-refractivity contribution < 1.29 is 64.3 Å². The van der Waals surface area contributed by atoms with Crippen molar-refractivity contribution in [2.24, 2.45) is 0 Å². The Hall–Kier alpha value is 0.111. The molecule has 0 atom stereocenters. The van der Waals surface area contributed by atoms with Gasteiger partial charge in [-0.05, 0) is 6.92 Å². The molecule has 0 aliphatic rings. The number of rotatable bonds is 3. The van der Waals surface area contributed by atoms with E-state index in [0.717, 1.165) is 10.9 Å². The number of hydrogen-bond donors (Lipinski definition) is 0. The molecule has 82 valence electrons. The summed E-state index contributed by atoms with van der Waals surface area (Å²) in [6.07, 6.45) is 1.09. The molecule has 0 amide bonds. The molecule has 1 aromatic heterocycles. The van der Waals surface area contributed by atoms with Crippen LogP contribution in [0.15, 0.2) is 29.2 Å². The average molecular weight is 256 g/mol. The van der Waals surface area contributed by atoms with Gasteiger partial charge in [0.1, 0.15) is 0 Å². The molecule has 0 aliphatic heterocycles. The van der Waals surface area contributed by atoms with Crippen LogP contribution in [0.1, 0.15) is 5.69 Å². The van der Waals surface area contributed by atoms with E-state index in [2.05, 4.69) is 11.6 Å². The summed E-state index contributed by atoms with van der Waals surface area (Å²) in [5, 5.41) is 0. The maximum atomic E-state index is 12.2. The van der Waals surface area contributed by atoms with Crippen LogP contribution in [0.3, 0.4) is 0 Å². The van der Waals surface area contributed by atoms with Gasteiger partial charge in [-0.25, -0.2) is 4.98 Å². The quantitative estimate of drug-likeness (QED) is 0.617. The minimum Gasteiger partial charge on any atom is -0.445 e. The van der Waals surface area contributed by atoms with Gasteiger partial charge in [-0.2, -0.15) is 0 Å². The topological polar surface area (TPSA) is 34.9 Å². The third kappa shape index (κ3) is 4.54. The van der Waals surface area contributed by atoms with Gasteiger partial charge in [-0.3, -0.25) is 9.36 Å². The van der Waals surface area contributed by atoms with Crippen molar-refractivity contribution in [1.82, 2.24) is 9.55 Å². The summed E-state index contributed by atoms with van der Waals surface area (Å²) in [4.78, 5) is 15.0. The van der Waals surface area contributed by atoms with Gasteiger partial charge in [0.15, 0.2) is 0 Å². The molecule has 3 nitrogen and oxygen atoms in total. The van der Waals surface area contributed by atoms with Crippen LogP contribution in [0, 0.1) is 6.92 Å². The predicted molar refractivity (Wildman–Crippen MR) is 51.5 cm³/mol. The summed E-state index contributed by atoms with van der Waals surface area (Å²) >= 11 is 0. The van der Waals surface area contributed by atoms with Crippen LogP contribution >= 0.6 is 0 Å². The van der Waals surface area contributed by atoms with E-state index in [1.165, 1.54) is 6.07 Å². The number of allylic oxidation sites excluding steroid dienone is 1. The fraction of sp³-hybridized carbons (Fsp3) is 0.250. The predicted octanol–water partition coefficient (Wildman–Crippen LogP) is -1.50. The van der Waals surface area contributed by atoms with Gasteiger partial charge < -0.3 is 12.9 Å². The zero-order valence-electron chi connectivity index (χ0n) is 9.08. The summed E-state index contributed by atoms with van der Waals surface area (Å²) in [7, 11) is 0. The van der Waals surface area contributed by atoms with Crippen molar-refractivity contribution >= 4 is 6.98 Å². The van der Waals surface area contributed by atoms with Crippen molar-refractivity contribution in [1.29, 1.82) is 0 Å². The van der Waals surface area contributed by atoms with Crippen molar-refractivity contribution in [3.63, 3.8) is 0 Å². The van der Waals surface area contributed by atoms with Crippen LogP contribution in [0.4, 0.5) is 12.9 Å². The second-order valence-corrected chi connectivity index (χ2v) is 3.23. The van der Waals surface area contributed by atoms with Gasteiger partial charge in [0.25, 0.3) is 5.56 Å². The van der Waals surface area contributed by atoms with E-state index in [1.807, 2.05) is 0 Å². The molecule has 1 aromatic rings. The maximum Gasteiger partial charge on any atom is 1.00 e. The second-order valence-electron chi connectivity index (χ2n) is 3.23. The number of aryl methyl sites for hydroxylation is 1. The summed E-state index contributed by atoms with van der Waals surface area (Å²) in [5.74, 6) is 0. The molecule has 0 unspecified atom stereocenters. The average Bonchev–Trinajstić information content (AvgIpc) is 2.08. The van der Waals surface area contributed by atoms with Gasteiger partial charge in [0.2, 0.25) is 0 Å². The molecule has 0 bridgehead atoms. The number of aromatic nitrogens is 2. The van der Waals surface area contributed by atoms with E-state index in [4.69, 9.17) is 0 Å². The number of halogens is 3. The van der Waals surface area contributed by atoms with Gasteiger partial charge in [0.05, 0.1) is 6.33 Å². The zero-order valence-corrected chi connectivity index (χ0v) is 12.2. The molecule has 0 spiro atoms. The summed E-state index contributed by atoms with van der Waals surface area (Å²) in [5.41, 5.74) is -0.953. The Bertz CT molecular complexity index is 444. The monoisotopic (exact) mass is 256 g/mol.